The third-order valence-corrected chi connectivity index (χ3v) is 2.73. The van der Waals surface area contributed by atoms with E-state index < -0.39 is 4.92 Å². The molecule has 92 valence electrons. The van der Waals surface area contributed by atoms with Crippen LogP contribution in [0.1, 0.15) is 10.4 Å². The molecule has 2 rings (SSSR count). The van der Waals surface area contributed by atoms with Crippen LogP contribution in [0.5, 0.6) is 0 Å². The molecule has 1 heterocycles. The summed E-state index contributed by atoms with van der Waals surface area (Å²) in [4.78, 5) is 21.4. The molecule has 0 aliphatic heterocycles. The van der Waals surface area contributed by atoms with E-state index in [4.69, 9.17) is 11.6 Å². The average Bonchev–Trinajstić information content (AvgIpc) is 2.74. The molecule has 2 aromatic rings. The van der Waals surface area contributed by atoms with Crippen LogP contribution in [-0.2, 0) is 0 Å². The van der Waals surface area contributed by atoms with E-state index in [9.17, 15) is 14.9 Å². The number of rotatable bonds is 3. The Labute approximate surface area is 107 Å². The van der Waals surface area contributed by atoms with E-state index in [1.807, 2.05) is 0 Å². The van der Waals surface area contributed by atoms with Crippen LogP contribution in [0.15, 0.2) is 36.7 Å². The summed E-state index contributed by atoms with van der Waals surface area (Å²) >= 11 is 5.53. The summed E-state index contributed by atoms with van der Waals surface area (Å²) in [6, 6.07) is 7.17. The number of alkyl halides is 1. The first-order valence-corrected chi connectivity index (χ1v) is 5.68. The Kier molecular flexibility index (Phi) is 3.43. The lowest BCUT2D eigenvalue weighted by Crippen LogP contribution is -2.09. The van der Waals surface area contributed by atoms with E-state index in [0.717, 1.165) is 11.6 Å². The summed E-state index contributed by atoms with van der Waals surface area (Å²) in [5.74, 6) is -0.412. The van der Waals surface area contributed by atoms with Gasteiger partial charge in [0.1, 0.15) is 5.88 Å². The molecule has 0 amide bonds. The number of fused-ring (bicyclic) bond motifs is 1. The van der Waals surface area contributed by atoms with Gasteiger partial charge in [-0.3, -0.25) is 19.5 Å². The molecule has 0 radical (unpaired) electrons. The first-order chi connectivity index (χ1) is 8.63. The van der Waals surface area contributed by atoms with Gasteiger partial charge in [0.05, 0.1) is 10.4 Å². The molecule has 0 spiro atoms. The van der Waals surface area contributed by atoms with Gasteiger partial charge < -0.3 is 0 Å². The number of hydrogen-bond donors (Lipinski definition) is 0. The molecule has 6 heteroatoms. The summed E-state index contributed by atoms with van der Waals surface area (Å²) in [7, 11) is 0. The van der Waals surface area contributed by atoms with Crippen molar-refractivity contribution in [3.05, 3.63) is 52.3 Å². The fourth-order valence-corrected chi connectivity index (χ4v) is 1.88. The Balaban J connectivity index is 2.61. The molecule has 0 unspecified atom stereocenters. The van der Waals surface area contributed by atoms with Crippen molar-refractivity contribution in [2.75, 3.05) is 5.88 Å². The number of halogens is 1. The minimum Gasteiger partial charge on any atom is -0.286 e. The second kappa shape index (κ2) is 5.01. The van der Waals surface area contributed by atoms with Gasteiger partial charge in [-0.15, -0.1) is 11.6 Å². The highest BCUT2D eigenvalue weighted by molar-refractivity contribution is 6.28. The maximum atomic E-state index is 11.7. The van der Waals surface area contributed by atoms with Gasteiger partial charge in [0.15, 0.2) is 0 Å². The summed E-state index contributed by atoms with van der Waals surface area (Å²) in [5.41, 5.74) is 1.30. The lowest BCUT2D eigenvalue weighted by atomic mass is 10.2. The van der Waals surface area contributed by atoms with Crippen LogP contribution in [0.4, 0.5) is 0 Å². The normalized spacial score (nSPS) is 11.2. The SMILES string of the molecule is O=C(CCl)n1cc(/C=C/[N+](=O)[O-])c2ccccc21. The third kappa shape index (κ3) is 2.26. The van der Waals surface area contributed by atoms with Crippen LogP contribution in [0.3, 0.4) is 0 Å². The van der Waals surface area contributed by atoms with Gasteiger partial charge in [0.2, 0.25) is 12.1 Å². The minimum atomic E-state index is -0.546. The van der Waals surface area contributed by atoms with Crippen molar-refractivity contribution in [1.29, 1.82) is 0 Å². The van der Waals surface area contributed by atoms with Gasteiger partial charge in [-0.2, -0.15) is 0 Å². The number of nitrogens with zero attached hydrogens (tertiary/aromatic N) is 2. The maximum Gasteiger partial charge on any atom is 0.246 e. The van der Waals surface area contributed by atoms with Crippen molar-refractivity contribution in [1.82, 2.24) is 4.57 Å². The molecule has 0 N–H and O–H groups in total. The molecule has 5 nitrogen and oxygen atoms in total. The number of hydrogen-bond acceptors (Lipinski definition) is 3. The van der Waals surface area contributed by atoms with E-state index in [0.29, 0.717) is 11.1 Å². The van der Waals surface area contributed by atoms with E-state index in [1.165, 1.54) is 10.6 Å². The zero-order chi connectivity index (χ0) is 13.1. The van der Waals surface area contributed by atoms with Gasteiger partial charge in [-0.25, -0.2) is 0 Å². The average molecular weight is 265 g/mol. The van der Waals surface area contributed by atoms with Gasteiger partial charge >= 0.3 is 0 Å². The largest absolute Gasteiger partial charge is 0.286 e. The minimum absolute atomic E-state index is 0.142. The molecule has 0 aliphatic carbocycles. The summed E-state index contributed by atoms with van der Waals surface area (Å²) in [6.45, 7) is 0. The highest BCUT2D eigenvalue weighted by atomic mass is 35.5. The predicted molar refractivity (Wildman–Crippen MR) is 69.3 cm³/mol. The molecule has 18 heavy (non-hydrogen) atoms. The van der Waals surface area contributed by atoms with Crippen molar-refractivity contribution in [3.8, 4) is 0 Å². The quantitative estimate of drug-likeness (QED) is 0.486. The van der Waals surface area contributed by atoms with Crippen LogP contribution in [-0.4, -0.2) is 21.3 Å². The van der Waals surface area contributed by atoms with Crippen LogP contribution < -0.4 is 0 Å². The first kappa shape index (κ1) is 12.3. The number of aromatic nitrogens is 1. The monoisotopic (exact) mass is 264 g/mol. The van der Waals surface area contributed by atoms with Crippen molar-refractivity contribution >= 4 is 34.5 Å². The molecule has 0 bridgehead atoms. The molecule has 0 atom stereocenters. The fourth-order valence-electron chi connectivity index (χ4n) is 1.75. The molecular formula is C12H9ClN2O3. The second-order valence-electron chi connectivity index (χ2n) is 3.60. The Hall–Kier alpha value is -2.14. The van der Waals surface area contributed by atoms with Crippen molar-refractivity contribution in [3.63, 3.8) is 0 Å². The molecular weight excluding hydrogens is 256 g/mol. The summed E-state index contributed by atoms with van der Waals surface area (Å²) < 4.78 is 1.40. The van der Waals surface area contributed by atoms with Crippen LogP contribution >= 0.6 is 11.6 Å². The number of nitro groups is 1. The van der Waals surface area contributed by atoms with E-state index in [-0.39, 0.29) is 11.8 Å². The second-order valence-corrected chi connectivity index (χ2v) is 3.87. The van der Waals surface area contributed by atoms with Crippen molar-refractivity contribution < 1.29 is 9.72 Å². The Morgan fingerprint density at radius 2 is 2.17 bits per heavy atom. The van der Waals surface area contributed by atoms with Crippen molar-refractivity contribution in [2.24, 2.45) is 0 Å². The van der Waals surface area contributed by atoms with Gasteiger partial charge in [0.25, 0.3) is 0 Å². The van der Waals surface area contributed by atoms with Crippen LogP contribution in [0.25, 0.3) is 17.0 Å². The molecule has 0 saturated carbocycles. The lowest BCUT2D eigenvalue weighted by molar-refractivity contribution is -0.400. The summed E-state index contributed by atoms with van der Waals surface area (Å²) in [5, 5.41) is 11.1. The first-order valence-electron chi connectivity index (χ1n) is 5.14. The maximum absolute atomic E-state index is 11.7. The number of carbonyl (C=O) groups is 1. The molecule has 0 aliphatic rings. The van der Waals surface area contributed by atoms with Gasteiger partial charge in [0, 0.05) is 23.2 Å². The van der Waals surface area contributed by atoms with Gasteiger partial charge in [-0.05, 0) is 6.07 Å². The highest BCUT2D eigenvalue weighted by Gasteiger charge is 2.11. The highest BCUT2D eigenvalue weighted by Crippen LogP contribution is 2.22. The Morgan fingerprint density at radius 1 is 1.44 bits per heavy atom. The van der Waals surface area contributed by atoms with Gasteiger partial charge in [-0.1, -0.05) is 18.2 Å². The predicted octanol–water partition coefficient (Wildman–Crippen LogP) is 2.77. The number of benzene rings is 1. The summed E-state index contributed by atoms with van der Waals surface area (Å²) in [6.07, 6.45) is 3.76. The molecule has 1 aromatic heterocycles. The van der Waals surface area contributed by atoms with Crippen LogP contribution in [0.2, 0.25) is 0 Å². The van der Waals surface area contributed by atoms with Crippen LogP contribution in [0, 0.1) is 10.1 Å². The number of carbonyl (C=O) groups excluding carboxylic acids is 1. The van der Waals surface area contributed by atoms with E-state index in [1.54, 1.807) is 30.5 Å². The molecule has 0 fully saturated rings. The zero-order valence-electron chi connectivity index (χ0n) is 9.25. The number of para-hydroxylation sites is 1. The topological polar surface area (TPSA) is 65.1 Å². The Morgan fingerprint density at radius 3 is 2.83 bits per heavy atom. The van der Waals surface area contributed by atoms with E-state index in [2.05, 4.69) is 0 Å². The zero-order valence-corrected chi connectivity index (χ0v) is 10.0. The standard InChI is InChI=1S/C12H9ClN2O3/c13-7-12(16)14-8-9(5-6-15(17)18)10-3-1-2-4-11(10)14/h1-6,8H,7H2/b6-5+. The Bertz CT molecular complexity index is 646. The van der Waals surface area contributed by atoms with Crippen molar-refractivity contribution in [2.45, 2.75) is 0 Å². The lowest BCUT2D eigenvalue weighted by Gasteiger charge is -1.99. The van der Waals surface area contributed by atoms with E-state index >= 15 is 0 Å². The molecule has 0 saturated heterocycles. The smallest absolute Gasteiger partial charge is 0.246 e. The fraction of sp³-hybridized carbons (Fsp3) is 0.0833. The molecule has 1 aromatic carbocycles. The third-order valence-electron chi connectivity index (χ3n) is 2.50.